The molecule has 0 saturated heterocycles. The number of methoxy groups -OCH3 is 3. The molecule has 1 amide bonds. The summed E-state index contributed by atoms with van der Waals surface area (Å²) >= 11 is 0. The highest BCUT2D eigenvalue weighted by Gasteiger charge is 2.31. The fraction of sp³-hybridized carbons (Fsp3) is 0.243. The first-order chi connectivity index (χ1) is 21.6. The maximum Gasteiger partial charge on any atom is 0.252 e. The van der Waals surface area contributed by atoms with Crippen molar-refractivity contribution < 1.29 is 23.7 Å². The van der Waals surface area contributed by atoms with Gasteiger partial charge in [-0.2, -0.15) is 0 Å². The summed E-state index contributed by atoms with van der Waals surface area (Å²) in [6.07, 6.45) is 0. The number of hydrogen-bond acceptors (Lipinski definition) is 6. The zero-order valence-electron chi connectivity index (χ0n) is 26.4. The monoisotopic (exact) mass is 606 g/mol. The van der Waals surface area contributed by atoms with Gasteiger partial charge >= 0.3 is 0 Å². The second-order valence-corrected chi connectivity index (χ2v) is 11.7. The number of carbonyl (C=O) groups excluding carboxylic acids is 1. The number of amides is 1. The van der Waals surface area contributed by atoms with Crippen molar-refractivity contribution in [3.63, 3.8) is 0 Å². The van der Waals surface area contributed by atoms with Gasteiger partial charge in [0.15, 0.2) is 11.5 Å². The third kappa shape index (κ3) is 6.65. The maximum atomic E-state index is 14.3. The lowest BCUT2D eigenvalue weighted by Crippen LogP contribution is -2.46. The normalized spacial score (nSPS) is 12.0. The Bertz CT molecular complexity index is 1860. The van der Waals surface area contributed by atoms with Gasteiger partial charge in [-0.05, 0) is 49.6 Å². The fourth-order valence-corrected chi connectivity index (χ4v) is 5.46. The molecule has 1 unspecified atom stereocenters. The van der Waals surface area contributed by atoms with Crippen molar-refractivity contribution in [2.45, 2.75) is 39.0 Å². The van der Waals surface area contributed by atoms with Crippen molar-refractivity contribution >= 4 is 16.8 Å². The molecular formula is C37H38N2O6. The average molecular weight is 607 g/mol. The quantitative estimate of drug-likeness (QED) is 0.189. The molecule has 1 heterocycles. The molecule has 0 aliphatic carbocycles. The van der Waals surface area contributed by atoms with Crippen LogP contribution in [0.15, 0.2) is 102 Å². The molecule has 0 aliphatic rings. The Labute approximate surface area is 263 Å². The van der Waals surface area contributed by atoms with Gasteiger partial charge in [-0.25, -0.2) is 0 Å². The summed E-state index contributed by atoms with van der Waals surface area (Å²) < 4.78 is 25.0. The molecule has 1 atom stereocenters. The van der Waals surface area contributed by atoms with Crippen molar-refractivity contribution in [2.24, 2.45) is 0 Å². The maximum absolute atomic E-state index is 14.3. The van der Waals surface area contributed by atoms with Gasteiger partial charge in [0.05, 0.1) is 32.2 Å². The van der Waals surface area contributed by atoms with Gasteiger partial charge in [0.1, 0.15) is 18.4 Å². The molecule has 4 aromatic carbocycles. The van der Waals surface area contributed by atoms with E-state index in [0.29, 0.717) is 51.6 Å². The minimum Gasteiger partial charge on any atom is -0.493 e. The Morgan fingerprint density at radius 1 is 0.800 bits per heavy atom. The smallest absolute Gasteiger partial charge is 0.252 e. The zero-order chi connectivity index (χ0) is 32.1. The Kier molecular flexibility index (Phi) is 9.13. The standard InChI is InChI=1S/C37H38N2O6/c1-37(2,3)38-36(41)33(26-18-13-19-27(20-26)45-23-24-14-9-7-10-15-24)39-29-22-30(42-4)34(43-5)35(44-6)32(29)28(21-31(39)40)25-16-11-8-12-17-25/h7-22,33H,23H2,1-6H3,(H,38,41). The molecule has 8 nitrogen and oxygen atoms in total. The van der Waals surface area contributed by atoms with E-state index in [1.165, 1.54) is 25.9 Å². The van der Waals surface area contributed by atoms with Crippen LogP contribution < -0.4 is 29.8 Å². The largest absolute Gasteiger partial charge is 0.493 e. The number of nitrogens with one attached hydrogen (secondary N) is 1. The van der Waals surface area contributed by atoms with Crippen LogP contribution in [-0.4, -0.2) is 37.3 Å². The number of ether oxygens (including phenoxy) is 4. The fourth-order valence-electron chi connectivity index (χ4n) is 5.46. The predicted octanol–water partition coefficient (Wildman–Crippen LogP) is 6.78. The Morgan fingerprint density at radius 3 is 2.09 bits per heavy atom. The third-order valence-electron chi connectivity index (χ3n) is 7.36. The van der Waals surface area contributed by atoms with Gasteiger partial charge in [0.2, 0.25) is 11.7 Å². The van der Waals surface area contributed by atoms with E-state index in [0.717, 1.165) is 11.1 Å². The molecule has 0 saturated carbocycles. The van der Waals surface area contributed by atoms with Crippen LogP contribution in [0.3, 0.4) is 0 Å². The first-order valence-corrected chi connectivity index (χ1v) is 14.7. The van der Waals surface area contributed by atoms with Gasteiger partial charge in [-0.15, -0.1) is 0 Å². The van der Waals surface area contributed by atoms with Crippen LogP contribution in [0, 0.1) is 0 Å². The second-order valence-electron chi connectivity index (χ2n) is 11.7. The number of aromatic nitrogens is 1. The second kappa shape index (κ2) is 13.2. The van der Waals surface area contributed by atoms with Crippen LogP contribution in [0.4, 0.5) is 0 Å². The summed E-state index contributed by atoms with van der Waals surface area (Å²) in [6.45, 7) is 6.05. The molecule has 0 spiro atoms. The first kappa shape index (κ1) is 31.2. The summed E-state index contributed by atoms with van der Waals surface area (Å²) in [4.78, 5) is 28.5. The molecule has 5 rings (SSSR count). The number of nitrogens with zero attached hydrogens (tertiary/aromatic N) is 1. The summed E-state index contributed by atoms with van der Waals surface area (Å²) in [5.74, 6) is 1.33. The predicted molar refractivity (Wildman–Crippen MR) is 177 cm³/mol. The Balaban J connectivity index is 1.79. The van der Waals surface area contributed by atoms with E-state index in [1.807, 2.05) is 99.6 Å². The van der Waals surface area contributed by atoms with Crippen molar-refractivity contribution in [1.29, 1.82) is 0 Å². The number of carbonyl (C=O) groups is 1. The molecule has 0 radical (unpaired) electrons. The molecule has 0 fully saturated rings. The lowest BCUT2D eigenvalue weighted by Gasteiger charge is -2.28. The van der Waals surface area contributed by atoms with Crippen molar-refractivity contribution in [3.05, 3.63) is 119 Å². The van der Waals surface area contributed by atoms with Crippen molar-refractivity contribution in [3.8, 4) is 34.1 Å². The molecule has 1 N–H and O–H groups in total. The van der Waals surface area contributed by atoms with Crippen LogP contribution >= 0.6 is 0 Å². The van der Waals surface area contributed by atoms with Gasteiger partial charge in [0, 0.05) is 23.2 Å². The molecule has 232 valence electrons. The summed E-state index contributed by atoms with van der Waals surface area (Å²) in [7, 11) is 4.59. The van der Waals surface area contributed by atoms with Gasteiger partial charge < -0.3 is 24.3 Å². The molecule has 5 aromatic rings. The van der Waals surface area contributed by atoms with E-state index >= 15 is 0 Å². The van der Waals surface area contributed by atoms with Gasteiger partial charge in [0.25, 0.3) is 5.56 Å². The number of rotatable bonds is 10. The topological polar surface area (TPSA) is 88.0 Å². The van der Waals surface area contributed by atoms with Crippen LogP contribution in [0.25, 0.3) is 22.0 Å². The highest BCUT2D eigenvalue weighted by atomic mass is 16.5. The number of pyridine rings is 1. The SMILES string of the molecule is COc1cc2c(c(-c3ccccc3)cc(=O)n2C(C(=O)NC(C)(C)C)c2cccc(OCc3ccccc3)c2)c(OC)c1OC. The van der Waals surface area contributed by atoms with Gasteiger partial charge in [-0.3, -0.25) is 14.2 Å². The van der Waals surface area contributed by atoms with Crippen LogP contribution in [0.5, 0.6) is 23.0 Å². The Morgan fingerprint density at radius 2 is 1.47 bits per heavy atom. The molecule has 0 bridgehead atoms. The van der Waals surface area contributed by atoms with E-state index in [2.05, 4.69) is 5.32 Å². The molecule has 1 aromatic heterocycles. The lowest BCUT2D eigenvalue weighted by molar-refractivity contribution is -0.124. The molecule has 45 heavy (non-hydrogen) atoms. The number of benzene rings is 4. The van der Waals surface area contributed by atoms with E-state index in [-0.39, 0.29) is 11.5 Å². The number of fused-ring (bicyclic) bond motifs is 1. The van der Waals surface area contributed by atoms with Crippen molar-refractivity contribution in [2.75, 3.05) is 21.3 Å². The minimum absolute atomic E-state index is 0.353. The zero-order valence-corrected chi connectivity index (χ0v) is 26.4. The van der Waals surface area contributed by atoms with Crippen molar-refractivity contribution in [1.82, 2.24) is 9.88 Å². The number of hydrogen-bond donors (Lipinski definition) is 1. The molecule has 8 heteroatoms. The summed E-state index contributed by atoms with van der Waals surface area (Å²) in [5.41, 5.74) is 2.53. The summed E-state index contributed by atoms with van der Waals surface area (Å²) in [5, 5.41) is 3.69. The minimum atomic E-state index is -1.06. The summed E-state index contributed by atoms with van der Waals surface area (Å²) in [6, 6.07) is 28.9. The molecular weight excluding hydrogens is 568 g/mol. The first-order valence-electron chi connectivity index (χ1n) is 14.7. The van der Waals surface area contributed by atoms with Crippen LogP contribution in [-0.2, 0) is 11.4 Å². The van der Waals surface area contributed by atoms with Crippen LogP contribution in [0.1, 0.15) is 37.9 Å². The van der Waals surface area contributed by atoms with E-state index in [4.69, 9.17) is 18.9 Å². The van der Waals surface area contributed by atoms with E-state index in [9.17, 15) is 9.59 Å². The lowest BCUT2D eigenvalue weighted by atomic mass is 9.97. The highest BCUT2D eigenvalue weighted by Crippen LogP contribution is 2.47. The molecule has 0 aliphatic heterocycles. The van der Waals surface area contributed by atoms with E-state index < -0.39 is 11.6 Å². The highest BCUT2D eigenvalue weighted by molar-refractivity contribution is 6.03. The van der Waals surface area contributed by atoms with Crippen LogP contribution in [0.2, 0.25) is 0 Å². The Hall–Kier alpha value is -5.24. The third-order valence-corrected chi connectivity index (χ3v) is 7.36. The van der Waals surface area contributed by atoms with E-state index in [1.54, 1.807) is 18.2 Å². The van der Waals surface area contributed by atoms with Gasteiger partial charge in [-0.1, -0.05) is 72.8 Å². The average Bonchev–Trinajstić information content (AvgIpc) is 3.04.